The number of carbonyl (C=O) groups excluding carboxylic acids is 1. The minimum Gasteiger partial charge on any atom is -0.355 e. The lowest BCUT2D eigenvalue weighted by molar-refractivity contribution is -0.137. The molecule has 4 heterocycles. The van der Waals surface area contributed by atoms with Crippen molar-refractivity contribution in [2.75, 3.05) is 24.5 Å². The summed E-state index contributed by atoms with van der Waals surface area (Å²) in [7, 11) is 0. The molecule has 5 nitrogen and oxygen atoms in total. The van der Waals surface area contributed by atoms with Crippen LogP contribution in [0, 0.1) is 12.8 Å². The molecular formula is C19H22N4OS. The number of amides is 1. The maximum atomic E-state index is 12.9. The second-order valence-corrected chi connectivity index (χ2v) is 8.35. The molecule has 0 atom stereocenters. The molecule has 0 radical (unpaired) electrons. The molecule has 6 heteroatoms. The van der Waals surface area contributed by atoms with Gasteiger partial charge < -0.3 is 9.80 Å². The van der Waals surface area contributed by atoms with Crippen LogP contribution in [0.1, 0.15) is 33.9 Å². The van der Waals surface area contributed by atoms with Gasteiger partial charge >= 0.3 is 0 Å². The number of thiophene rings is 1. The molecule has 0 bridgehead atoms. The second-order valence-electron chi connectivity index (χ2n) is 7.35. The van der Waals surface area contributed by atoms with Gasteiger partial charge in [-0.15, -0.1) is 11.3 Å². The summed E-state index contributed by atoms with van der Waals surface area (Å²) in [6, 6.07) is 2.17. The largest absolute Gasteiger partial charge is 0.355 e. The number of aromatic nitrogens is 2. The third-order valence-corrected chi connectivity index (χ3v) is 6.70. The van der Waals surface area contributed by atoms with Gasteiger partial charge in [0.1, 0.15) is 11.6 Å². The number of anilines is 1. The van der Waals surface area contributed by atoms with E-state index < -0.39 is 0 Å². The van der Waals surface area contributed by atoms with E-state index in [4.69, 9.17) is 0 Å². The van der Waals surface area contributed by atoms with E-state index >= 15 is 0 Å². The van der Waals surface area contributed by atoms with Gasteiger partial charge in [-0.05, 0) is 49.6 Å². The third kappa shape index (κ3) is 2.54. The normalized spacial score (nSPS) is 19.6. The molecule has 3 aliphatic rings. The van der Waals surface area contributed by atoms with Gasteiger partial charge in [0.05, 0.1) is 5.92 Å². The Bertz CT molecular complexity index is 840. The van der Waals surface area contributed by atoms with Crippen LogP contribution in [0.4, 0.5) is 5.82 Å². The summed E-state index contributed by atoms with van der Waals surface area (Å²) in [5, 5.41) is 2.14. The maximum Gasteiger partial charge on any atom is 0.229 e. The van der Waals surface area contributed by atoms with Crippen LogP contribution in [-0.4, -0.2) is 40.4 Å². The summed E-state index contributed by atoms with van der Waals surface area (Å²) in [5.74, 6) is 2.37. The number of hydrogen-bond donors (Lipinski definition) is 0. The Hall–Kier alpha value is -1.95. The van der Waals surface area contributed by atoms with Crippen molar-refractivity contribution in [1.29, 1.82) is 0 Å². The van der Waals surface area contributed by atoms with E-state index in [0.717, 1.165) is 57.1 Å². The fourth-order valence-electron chi connectivity index (χ4n) is 4.30. The number of aryl methyl sites for hydroxylation is 2. The molecule has 0 saturated carbocycles. The number of rotatable bonds is 2. The molecule has 130 valence electrons. The number of fused-ring (bicyclic) bond motifs is 2. The predicted octanol–water partition coefficient (Wildman–Crippen LogP) is 2.36. The summed E-state index contributed by atoms with van der Waals surface area (Å²) < 4.78 is 0. The van der Waals surface area contributed by atoms with E-state index in [0.29, 0.717) is 5.91 Å². The average molecular weight is 354 g/mol. The van der Waals surface area contributed by atoms with E-state index in [1.165, 1.54) is 28.1 Å². The quantitative estimate of drug-likeness (QED) is 0.831. The number of carbonyl (C=O) groups is 1. The highest BCUT2D eigenvalue weighted by molar-refractivity contribution is 7.10. The molecule has 2 aromatic heterocycles. The minimum absolute atomic E-state index is 0.118. The fourth-order valence-corrected chi connectivity index (χ4v) is 5.19. The Morgan fingerprint density at radius 2 is 2.12 bits per heavy atom. The highest BCUT2D eigenvalue weighted by Crippen LogP contribution is 2.34. The first kappa shape index (κ1) is 15.3. The lowest BCUT2D eigenvalue weighted by atomic mass is 9.96. The van der Waals surface area contributed by atoms with E-state index in [9.17, 15) is 4.79 Å². The van der Waals surface area contributed by atoms with E-state index in [1.54, 1.807) is 0 Å². The van der Waals surface area contributed by atoms with Crippen molar-refractivity contribution in [2.24, 2.45) is 5.92 Å². The van der Waals surface area contributed by atoms with Crippen molar-refractivity contribution in [3.8, 4) is 0 Å². The van der Waals surface area contributed by atoms with Gasteiger partial charge in [-0.1, -0.05) is 0 Å². The first-order chi connectivity index (χ1) is 12.2. The zero-order valence-corrected chi connectivity index (χ0v) is 15.3. The lowest BCUT2D eigenvalue weighted by Gasteiger charge is -2.42. The molecule has 25 heavy (non-hydrogen) atoms. The van der Waals surface area contributed by atoms with Crippen molar-refractivity contribution in [1.82, 2.24) is 14.9 Å². The highest BCUT2D eigenvalue weighted by Gasteiger charge is 2.38. The van der Waals surface area contributed by atoms with Crippen LogP contribution in [0.15, 0.2) is 11.4 Å². The predicted molar refractivity (Wildman–Crippen MR) is 97.9 cm³/mol. The van der Waals surface area contributed by atoms with Gasteiger partial charge in [-0.25, -0.2) is 9.97 Å². The Morgan fingerprint density at radius 3 is 3.00 bits per heavy atom. The third-order valence-electron chi connectivity index (χ3n) is 5.67. The SMILES string of the molecule is Cc1nc2c(c(N3CC(C(=O)N4CCc5sccc5C4)C3)n1)CCC2. The van der Waals surface area contributed by atoms with E-state index in [-0.39, 0.29) is 5.92 Å². The molecule has 0 spiro atoms. The molecule has 2 aromatic rings. The molecule has 5 rings (SSSR count). The summed E-state index contributed by atoms with van der Waals surface area (Å²) in [6.45, 7) is 5.22. The van der Waals surface area contributed by atoms with Gasteiger partial charge in [0.2, 0.25) is 5.91 Å². The first-order valence-electron chi connectivity index (χ1n) is 9.14. The molecule has 2 aliphatic heterocycles. The van der Waals surface area contributed by atoms with Gasteiger partial charge in [0, 0.05) is 42.3 Å². The Labute approximate surface area is 151 Å². The number of nitrogens with zero attached hydrogens (tertiary/aromatic N) is 4. The van der Waals surface area contributed by atoms with Crippen molar-refractivity contribution in [3.63, 3.8) is 0 Å². The molecule has 0 N–H and O–H groups in total. The van der Waals surface area contributed by atoms with Crippen molar-refractivity contribution >= 4 is 23.1 Å². The van der Waals surface area contributed by atoms with Crippen molar-refractivity contribution in [2.45, 2.75) is 39.2 Å². The summed E-state index contributed by atoms with van der Waals surface area (Å²) in [4.78, 5) is 27.9. The fraction of sp³-hybridized carbons (Fsp3) is 0.526. The average Bonchev–Trinajstić information content (AvgIpc) is 3.20. The number of hydrogen-bond acceptors (Lipinski definition) is 5. The Morgan fingerprint density at radius 1 is 1.24 bits per heavy atom. The van der Waals surface area contributed by atoms with Crippen LogP contribution < -0.4 is 4.90 Å². The molecule has 0 unspecified atom stereocenters. The molecule has 1 fully saturated rings. The zero-order chi connectivity index (χ0) is 17.0. The Kier molecular flexibility index (Phi) is 3.55. The maximum absolute atomic E-state index is 12.9. The first-order valence-corrected chi connectivity index (χ1v) is 10.0. The van der Waals surface area contributed by atoms with Crippen molar-refractivity contribution in [3.05, 3.63) is 39.0 Å². The smallest absolute Gasteiger partial charge is 0.229 e. The Balaban J connectivity index is 1.28. The van der Waals surface area contributed by atoms with Gasteiger partial charge in [0.15, 0.2) is 0 Å². The minimum atomic E-state index is 0.118. The lowest BCUT2D eigenvalue weighted by Crippen LogP contribution is -2.55. The van der Waals surface area contributed by atoms with Crippen LogP contribution in [0.2, 0.25) is 0 Å². The zero-order valence-electron chi connectivity index (χ0n) is 14.5. The van der Waals surface area contributed by atoms with Gasteiger partial charge in [0.25, 0.3) is 0 Å². The molecule has 0 aromatic carbocycles. The molecular weight excluding hydrogens is 332 g/mol. The summed E-state index contributed by atoms with van der Waals surface area (Å²) >= 11 is 1.82. The molecule has 1 saturated heterocycles. The van der Waals surface area contributed by atoms with Gasteiger partial charge in [-0.3, -0.25) is 4.79 Å². The molecule has 1 aliphatic carbocycles. The standard InChI is InChI=1S/C19H22N4OS/c1-12-20-16-4-2-3-15(16)18(21-12)23-10-14(11-23)19(24)22-7-5-17-13(9-22)6-8-25-17/h6,8,14H,2-5,7,9-11H2,1H3. The van der Waals surface area contributed by atoms with E-state index in [2.05, 4.69) is 26.3 Å². The van der Waals surface area contributed by atoms with Crippen molar-refractivity contribution < 1.29 is 4.79 Å². The summed E-state index contributed by atoms with van der Waals surface area (Å²) in [6.07, 6.45) is 4.33. The molecule has 1 amide bonds. The monoisotopic (exact) mass is 354 g/mol. The topological polar surface area (TPSA) is 49.3 Å². The second kappa shape index (κ2) is 5.80. The summed E-state index contributed by atoms with van der Waals surface area (Å²) in [5.41, 5.74) is 3.88. The highest BCUT2D eigenvalue weighted by atomic mass is 32.1. The van der Waals surface area contributed by atoms with Crippen LogP contribution in [0.25, 0.3) is 0 Å². The van der Waals surface area contributed by atoms with Crippen LogP contribution in [-0.2, 0) is 30.6 Å². The van der Waals surface area contributed by atoms with Crippen LogP contribution >= 0.6 is 11.3 Å². The van der Waals surface area contributed by atoms with Crippen LogP contribution in [0.3, 0.4) is 0 Å². The van der Waals surface area contributed by atoms with E-state index in [1.807, 2.05) is 23.2 Å². The van der Waals surface area contributed by atoms with Gasteiger partial charge in [-0.2, -0.15) is 0 Å². The van der Waals surface area contributed by atoms with Crippen LogP contribution in [0.5, 0.6) is 0 Å².